The third-order valence-electron chi connectivity index (χ3n) is 4.18. The van der Waals surface area contributed by atoms with Gasteiger partial charge in [0.15, 0.2) is 0 Å². The molecule has 0 aliphatic carbocycles. The molecule has 24 heavy (non-hydrogen) atoms. The molecule has 1 aliphatic heterocycles. The van der Waals surface area contributed by atoms with Crippen LogP contribution in [0.3, 0.4) is 0 Å². The molecule has 0 unspecified atom stereocenters. The first-order valence-electron chi connectivity index (χ1n) is 7.60. The van der Waals surface area contributed by atoms with Crippen LogP contribution in [0.25, 0.3) is 0 Å². The lowest BCUT2D eigenvalue weighted by molar-refractivity contribution is 0.0697. The lowest BCUT2D eigenvalue weighted by Crippen LogP contribution is -2.46. The Kier molecular flexibility index (Phi) is 4.96. The van der Waals surface area contributed by atoms with E-state index in [1.165, 1.54) is 5.56 Å². The summed E-state index contributed by atoms with van der Waals surface area (Å²) < 4.78 is 1.01. The Bertz CT molecular complexity index is 776. The van der Waals surface area contributed by atoms with Crippen molar-refractivity contribution in [3.05, 3.63) is 51.1 Å². The van der Waals surface area contributed by atoms with Crippen molar-refractivity contribution in [3.8, 4) is 0 Å². The van der Waals surface area contributed by atoms with E-state index in [0.717, 1.165) is 42.2 Å². The second-order valence-electron chi connectivity index (χ2n) is 5.74. The van der Waals surface area contributed by atoms with Crippen LogP contribution in [0.2, 0.25) is 5.02 Å². The second-order valence-corrected chi connectivity index (χ2v) is 7.00. The molecule has 1 aliphatic rings. The number of hydrogen-bond acceptors (Lipinski definition) is 4. The molecule has 0 radical (unpaired) electrons. The molecule has 3 rings (SSSR count). The number of pyridine rings is 1. The summed E-state index contributed by atoms with van der Waals surface area (Å²) in [5, 5.41) is 9.33. The maximum absolute atomic E-state index is 11.0. The van der Waals surface area contributed by atoms with Crippen molar-refractivity contribution in [2.24, 2.45) is 0 Å². The van der Waals surface area contributed by atoms with Crippen LogP contribution in [-0.2, 0) is 0 Å². The van der Waals surface area contributed by atoms with Gasteiger partial charge in [-0.3, -0.25) is 0 Å². The summed E-state index contributed by atoms with van der Waals surface area (Å²) in [6.45, 7) is 5.43. The first-order valence-corrected chi connectivity index (χ1v) is 8.77. The Morgan fingerprint density at radius 1 is 1.21 bits per heavy atom. The topological polar surface area (TPSA) is 56.7 Å². The fourth-order valence-electron chi connectivity index (χ4n) is 2.77. The SMILES string of the molecule is Cc1cc(N2CCN(c3ccc(C(=O)O)c(Cl)c3)CC2)ncc1Br. The number of aromatic carboxylic acids is 1. The zero-order chi connectivity index (χ0) is 17.3. The highest BCUT2D eigenvalue weighted by molar-refractivity contribution is 9.10. The van der Waals surface area contributed by atoms with E-state index in [9.17, 15) is 4.79 Å². The number of carboxylic acid groups (broad SMARTS) is 1. The van der Waals surface area contributed by atoms with Crippen LogP contribution < -0.4 is 9.80 Å². The molecule has 0 saturated carbocycles. The smallest absolute Gasteiger partial charge is 0.337 e. The van der Waals surface area contributed by atoms with Gasteiger partial charge < -0.3 is 14.9 Å². The van der Waals surface area contributed by atoms with Gasteiger partial charge in [0.25, 0.3) is 0 Å². The van der Waals surface area contributed by atoms with E-state index in [1.54, 1.807) is 12.1 Å². The molecule has 0 bridgehead atoms. The summed E-state index contributed by atoms with van der Waals surface area (Å²) >= 11 is 9.54. The summed E-state index contributed by atoms with van der Waals surface area (Å²) in [5.74, 6) is -0.0253. The zero-order valence-corrected chi connectivity index (χ0v) is 15.5. The molecule has 126 valence electrons. The van der Waals surface area contributed by atoms with Crippen LogP contribution >= 0.6 is 27.5 Å². The van der Waals surface area contributed by atoms with Crippen molar-refractivity contribution in [2.75, 3.05) is 36.0 Å². The summed E-state index contributed by atoms with van der Waals surface area (Å²) in [4.78, 5) is 20.0. The number of halogens is 2. The highest BCUT2D eigenvalue weighted by Crippen LogP contribution is 2.26. The summed E-state index contributed by atoms with van der Waals surface area (Å²) in [7, 11) is 0. The average molecular weight is 411 g/mol. The number of aromatic nitrogens is 1. The van der Waals surface area contributed by atoms with E-state index in [0.29, 0.717) is 0 Å². The normalized spacial score (nSPS) is 14.8. The van der Waals surface area contributed by atoms with Crippen molar-refractivity contribution >= 4 is 45.0 Å². The van der Waals surface area contributed by atoms with Gasteiger partial charge in [0.2, 0.25) is 0 Å². The number of carboxylic acids is 1. The molecule has 0 spiro atoms. The first kappa shape index (κ1) is 17.0. The minimum atomic E-state index is -1.01. The van der Waals surface area contributed by atoms with E-state index in [-0.39, 0.29) is 10.6 Å². The molecule has 1 aromatic heterocycles. The molecule has 0 amide bonds. The summed E-state index contributed by atoms with van der Waals surface area (Å²) in [5.41, 5.74) is 2.25. The lowest BCUT2D eigenvalue weighted by Gasteiger charge is -2.37. The number of piperazine rings is 1. The van der Waals surface area contributed by atoms with Gasteiger partial charge in [-0.15, -0.1) is 0 Å². The van der Waals surface area contributed by atoms with Crippen LogP contribution in [0, 0.1) is 6.92 Å². The highest BCUT2D eigenvalue weighted by Gasteiger charge is 2.20. The number of carbonyl (C=O) groups is 1. The van der Waals surface area contributed by atoms with Crippen molar-refractivity contribution in [1.29, 1.82) is 0 Å². The van der Waals surface area contributed by atoms with Crippen LogP contribution in [0.1, 0.15) is 15.9 Å². The zero-order valence-electron chi connectivity index (χ0n) is 13.2. The van der Waals surface area contributed by atoms with E-state index in [4.69, 9.17) is 16.7 Å². The van der Waals surface area contributed by atoms with Gasteiger partial charge >= 0.3 is 5.97 Å². The highest BCUT2D eigenvalue weighted by atomic mass is 79.9. The fraction of sp³-hybridized carbons (Fsp3) is 0.294. The molecule has 1 aromatic carbocycles. The number of aryl methyl sites for hydroxylation is 1. The summed E-state index contributed by atoms with van der Waals surface area (Å²) in [6, 6.07) is 7.18. The molecule has 2 aromatic rings. The molecular weight excluding hydrogens is 394 g/mol. The van der Waals surface area contributed by atoms with Crippen LogP contribution in [0.5, 0.6) is 0 Å². The Morgan fingerprint density at radius 2 is 1.88 bits per heavy atom. The largest absolute Gasteiger partial charge is 0.478 e. The van der Waals surface area contributed by atoms with Gasteiger partial charge in [0.05, 0.1) is 10.6 Å². The Labute approximate surface area is 154 Å². The first-order chi connectivity index (χ1) is 11.5. The molecule has 1 saturated heterocycles. The third kappa shape index (κ3) is 3.49. The fourth-order valence-corrected chi connectivity index (χ4v) is 3.24. The predicted molar refractivity (Wildman–Crippen MR) is 99.5 cm³/mol. The van der Waals surface area contributed by atoms with Crippen molar-refractivity contribution in [3.63, 3.8) is 0 Å². The number of nitrogens with zero attached hydrogens (tertiary/aromatic N) is 3. The number of anilines is 2. The number of benzene rings is 1. The molecule has 7 heteroatoms. The second kappa shape index (κ2) is 6.99. The van der Waals surface area contributed by atoms with Crippen molar-refractivity contribution in [2.45, 2.75) is 6.92 Å². The standard InChI is InChI=1S/C17H17BrClN3O2/c1-11-8-16(20-10-14(11)18)22-6-4-21(5-7-22)12-2-3-13(17(23)24)15(19)9-12/h2-3,8-10H,4-7H2,1H3,(H,23,24). The minimum absolute atomic E-state index is 0.133. The van der Waals surface area contributed by atoms with Crippen LogP contribution in [0.15, 0.2) is 34.9 Å². The lowest BCUT2D eigenvalue weighted by atomic mass is 10.1. The predicted octanol–water partition coefficient (Wildman–Crippen LogP) is 3.83. The van der Waals surface area contributed by atoms with Crippen molar-refractivity contribution in [1.82, 2.24) is 4.98 Å². The molecule has 2 heterocycles. The van der Waals surface area contributed by atoms with Crippen LogP contribution in [0.4, 0.5) is 11.5 Å². The average Bonchev–Trinajstić information content (AvgIpc) is 2.57. The van der Waals surface area contributed by atoms with Gasteiger partial charge in [-0.05, 0) is 52.7 Å². The van der Waals surface area contributed by atoms with Gasteiger partial charge in [0.1, 0.15) is 5.82 Å². The molecule has 1 N–H and O–H groups in total. The van der Waals surface area contributed by atoms with Crippen molar-refractivity contribution < 1.29 is 9.90 Å². The van der Waals surface area contributed by atoms with Gasteiger partial charge in [-0.1, -0.05) is 11.6 Å². The van der Waals surface area contributed by atoms with E-state index < -0.39 is 5.97 Å². The number of hydrogen-bond donors (Lipinski definition) is 1. The molecule has 1 fully saturated rings. The van der Waals surface area contributed by atoms with Gasteiger partial charge in [-0.2, -0.15) is 0 Å². The van der Waals surface area contributed by atoms with Gasteiger partial charge in [-0.25, -0.2) is 9.78 Å². The maximum atomic E-state index is 11.0. The molecule has 0 atom stereocenters. The van der Waals surface area contributed by atoms with E-state index in [2.05, 4.69) is 43.7 Å². The Balaban J connectivity index is 1.69. The maximum Gasteiger partial charge on any atom is 0.337 e. The van der Waals surface area contributed by atoms with Crippen LogP contribution in [-0.4, -0.2) is 42.2 Å². The molecule has 5 nitrogen and oxygen atoms in total. The third-order valence-corrected chi connectivity index (χ3v) is 5.33. The Morgan fingerprint density at radius 3 is 2.46 bits per heavy atom. The Hall–Kier alpha value is -1.79. The van der Waals surface area contributed by atoms with Gasteiger partial charge in [0, 0.05) is 42.5 Å². The van der Waals surface area contributed by atoms with E-state index in [1.807, 2.05) is 12.3 Å². The monoisotopic (exact) mass is 409 g/mol. The summed E-state index contributed by atoms with van der Waals surface area (Å²) in [6.07, 6.45) is 1.83. The minimum Gasteiger partial charge on any atom is -0.478 e. The van der Waals surface area contributed by atoms with E-state index >= 15 is 0 Å². The number of rotatable bonds is 3. The quantitative estimate of drug-likeness (QED) is 0.833. The molecular formula is C17H17BrClN3O2.